The van der Waals surface area contributed by atoms with E-state index in [-0.39, 0.29) is 23.5 Å². The number of carbonyl (C=O) groups is 1. The third-order valence-electron chi connectivity index (χ3n) is 4.82. The Morgan fingerprint density at radius 1 is 0.971 bits per heavy atom. The zero-order valence-corrected chi connectivity index (χ0v) is 19.1. The Morgan fingerprint density at radius 2 is 1.62 bits per heavy atom. The number of nitrogens with one attached hydrogen (secondary N) is 1. The van der Waals surface area contributed by atoms with Gasteiger partial charge >= 0.3 is 6.18 Å². The van der Waals surface area contributed by atoms with Gasteiger partial charge in [0, 0.05) is 17.3 Å². The fraction of sp³-hybridized carbons (Fsp3) is 0.174. The van der Waals surface area contributed by atoms with E-state index in [1.54, 1.807) is 30.3 Å². The highest BCUT2D eigenvalue weighted by Gasteiger charge is 2.34. The molecule has 5 nitrogen and oxygen atoms in total. The van der Waals surface area contributed by atoms with E-state index in [0.717, 1.165) is 15.9 Å². The lowest BCUT2D eigenvalue weighted by molar-refractivity contribution is -0.140. The van der Waals surface area contributed by atoms with Crippen LogP contribution in [0.4, 0.5) is 23.2 Å². The topological polar surface area (TPSA) is 66.5 Å². The third kappa shape index (κ3) is 6.55. The second-order valence-electron chi connectivity index (χ2n) is 7.27. The average Bonchev–Trinajstić information content (AvgIpc) is 2.78. The van der Waals surface area contributed by atoms with Gasteiger partial charge in [0.2, 0.25) is 15.9 Å². The maximum absolute atomic E-state index is 13.5. The summed E-state index contributed by atoms with van der Waals surface area (Å²) in [6.07, 6.45) is -4.67. The molecule has 0 aliphatic heterocycles. The number of anilines is 1. The fourth-order valence-electron chi connectivity index (χ4n) is 3.12. The number of hydrogen-bond acceptors (Lipinski definition) is 3. The summed E-state index contributed by atoms with van der Waals surface area (Å²) in [5.74, 6) is -2.37. The van der Waals surface area contributed by atoms with Crippen molar-refractivity contribution in [2.75, 3.05) is 18.4 Å². The van der Waals surface area contributed by atoms with Crippen LogP contribution in [0.2, 0.25) is 5.02 Å². The van der Waals surface area contributed by atoms with Gasteiger partial charge in [-0.05, 0) is 54.4 Å². The number of alkyl halides is 3. The number of hydrogen-bond donors (Lipinski definition) is 1. The van der Waals surface area contributed by atoms with Crippen molar-refractivity contribution in [1.29, 1.82) is 0 Å². The zero-order chi connectivity index (χ0) is 24.9. The van der Waals surface area contributed by atoms with E-state index >= 15 is 0 Å². The Hall–Kier alpha value is -2.95. The first-order valence-electron chi connectivity index (χ1n) is 9.93. The highest BCUT2D eigenvalue weighted by Crippen LogP contribution is 2.33. The predicted molar refractivity (Wildman–Crippen MR) is 120 cm³/mol. The molecule has 1 amide bonds. The second-order valence-corrected chi connectivity index (χ2v) is 9.64. The van der Waals surface area contributed by atoms with E-state index < -0.39 is 40.0 Å². The van der Waals surface area contributed by atoms with Gasteiger partial charge in [0.25, 0.3) is 0 Å². The predicted octanol–water partition coefficient (Wildman–Crippen LogP) is 5.37. The molecular formula is C23H19ClF4N2O3S. The molecule has 0 aromatic heterocycles. The minimum absolute atomic E-state index is 0.0698. The van der Waals surface area contributed by atoms with Gasteiger partial charge in [0.15, 0.2) is 0 Å². The largest absolute Gasteiger partial charge is 0.419 e. The number of rotatable bonds is 8. The lowest BCUT2D eigenvalue weighted by atomic mass is 10.1. The van der Waals surface area contributed by atoms with Gasteiger partial charge in [0.1, 0.15) is 5.82 Å². The lowest BCUT2D eigenvalue weighted by Gasteiger charge is -2.22. The van der Waals surface area contributed by atoms with E-state index in [1.807, 2.05) is 0 Å². The summed E-state index contributed by atoms with van der Waals surface area (Å²) in [6.45, 7) is -0.740. The summed E-state index contributed by atoms with van der Waals surface area (Å²) in [4.78, 5) is 12.5. The molecule has 0 atom stereocenters. The molecule has 0 aliphatic rings. The first-order chi connectivity index (χ1) is 16.0. The Kier molecular flexibility index (Phi) is 7.96. The molecule has 0 unspecified atom stereocenters. The molecule has 0 saturated carbocycles. The van der Waals surface area contributed by atoms with Crippen molar-refractivity contribution in [3.63, 3.8) is 0 Å². The van der Waals surface area contributed by atoms with Gasteiger partial charge in [-0.1, -0.05) is 41.9 Å². The zero-order valence-electron chi connectivity index (χ0n) is 17.5. The van der Waals surface area contributed by atoms with Gasteiger partial charge in [0.05, 0.1) is 17.0 Å². The molecule has 0 bridgehead atoms. The van der Waals surface area contributed by atoms with E-state index in [0.29, 0.717) is 17.2 Å². The molecular weight excluding hydrogens is 496 g/mol. The smallest absolute Gasteiger partial charge is 0.325 e. The van der Waals surface area contributed by atoms with E-state index in [4.69, 9.17) is 11.6 Å². The van der Waals surface area contributed by atoms with Crippen LogP contribution >= 0.6 is 11.6 Å². The van der Waals surface area contributed by atoms with Crippen molar-refractivity contribution in [2.24, 2.45) is 0 Å². The SMILES string of the molecule is O=C(CN(CCc1ccccc1)S(=O)(=O)c1ccc(Cl)cc1)Nc1ccc(F)c(C(F)(F)F)c1. The van der Waals surface area contributed by atoms with Crippen molar-refractivity contribution < 1.29 is 30.8 Å². The van der Waals surface area contributed by atoms with Gasteiger partial charge in [-0.15, -0.1) is 0 Å². The van der Waals surface area contributed by atoms with E-state index in [2.05, 4.69) is 5.32 Å². The van der Waals surface area contributed by atoms with Gasteiger partial charge in [-0.2, -0.15) is 17.5 Å². The van der Waals surface area contributed by atoms with E-state index in [9.17, 15) is 30.8 Å². The number of amides is 1. The van der Waals surface area contributed by atoms with Crippen LogP contribution in [0, 0.1) is 5.82 Å². The number of halogens is 5. The molecule has 0 spiro atoms. The molecule has 180 valence electrons. The monoisotopic (exact) mass is 514 g/mol. The highest BCUT2D eigenvalue weighted by molar-refractivity contribution is 7.89. The van der Waals surface area contributed by atoms with Crippen molar-refractivity contribution in [3.8, 4) is 0 Å². The van der Waals surface area contributed by atoms with Gasteiger partial charge < -0.3 is 5.32 Å². The molecule has 0 radical (unpaired) electrons. The summed E-state index contributed by atoms with van der Waals surface area (Å²) < 4.78 is 79.7. The number of benzene rings is 3. The molecule has 3 aromatic rings. The fourth-order valence-corrected chi connectivity index (χ4v) is 4.64. The summed E-state index contributed by atoms with van der Waals surface area (Å²) in [5, 5.41) is 2.53. The first kappa shape index (κ1) is 25.7. The quantitative estimate of drug-likeness (QED) is 0.411. The first-order valence-corrected chi connectivity index (χ1v) is 11.7. The molecule has 0 saturated heterocycles. The summed E-state index contributed by atoms with van der Waals surface area (Å²) in [7, 11) is -4.14. The van der Waals surface area contributed by atoms with Crippen LogP contribution in [-0.2, 0) is 27.4 Å². The summed E-state index contributed by atoms with van der Waals surface area (Å²) >= 11 is 5.83. The number of carbonyl (C=O) groups excluding carboxylic acids is 1. The standard InChI is InChI=1S/C23H19ClF4N2O3S/c24-17-6-9-19(10-7-17)34(32,33)30(13-12-16-4-2-1-3-5-16)15-22(31)29-18-8-11-21(25)20(14-18)23(26,27)28/h1-11,14H,12-13,15H2,(H,29,31). The van der Waals surface area contributed by atoms with Crippen LogP contribution in [0.15, 0.2) is 77.7 Å². The minimum atomic E-state index is -4.95. The molecule has 1 N–H and O–H groups in total. The lowest BCUT2D eigenvalue weighted by Crippen LogP contribution is -2.39. The van der Waals surface area contributed by atoms with E-state index in [1.165, 1.54) is 24.3 Å². The number of nitrogens with zero attached hydrogens (tertiary/aromatic N) is 1. The molecule has 0 heterocycles. The Morgan fingerprint density at radius 3 is 2.24 bits per heavy atom. The highest BCUT2D eigenvalue weighted by atomic mass is 35.5. The molecule has 0 fully saturated rings. The van der Waals surface area contributed by atoms with Crippen LogP contribution in [0.3, 0.4) is 0 Å². The molecule has 3 rings (SSSR count). The Bertz CT molecular complexity index is 1250. The van der Waals surface area contributed by atoms with Crippen LogP contribution in [-0.4, -0.2) is 31.7 Å². The second kappa shape index (κ2) is 10.5. The normalized spacial score (nSPS) is 12.1. The molecule has 0 aliphatic carbocycles. The summed E-state index contributed by atoms with van der Waals surface area (Å²) in [6, 6.07) is 16.3. The summed E-state index contributed by atoms with van der Waals surface area (Å²) in [5.41, 5.74) is -1.03. The van der Waals surface area contributed by atoms with Crippen LogP contribution in [0.5, 0.6) is 0 Å². The average molecular weight is 515 g/mol. The molecule has 11 heteroatoms. The maximum Gasteiger partial charge on any atom is 0.419 e. The van der Waals surface area contributed by atoms with Crippen LogP contribution < -0.4 is 5.32 Å². The van der Waals surface area contributed by atoms with Crippen LogP contribution in [0.1, 0.15) is 11.1 Å². The van der Waals surface area contributed by atoms with Crippen molar-refractivity contribution in [2.45, 2.75) is 17.5 Å². The van der Waals surface area contributed by atoms with Crippen molar-refractivity contribution in [1.82, 2.24) is 4.31 Å². The molecule has 3 aromatic carbocycles. The van der Waals surface area contributed by atoms with Gasteiger partial charge in [-0.3, -0.25) is 4.79 Å². The van der Waals surface area contributed by atoms with Crippen molar-refractivity contribution >= 4 is 33.2 Å². The maximum atomic E-state index is 13.5. The van der Waals surface area contributed by atoms with Gasteiger partial charge in [-0.25, -0.2) is 12.8 Å². The third-order valence-corrected chi connectivity index (χ3v) is 6.93. The van der Waals surface area contributed by atoms with Crippen LogP contribution in [0.25, 0.3) is 0 Å². The van der Waals surface area contributed by atoms with Crippen molar-refractivity contribution in [3.05, 3.63) is 94.8 Å². The Balaban J connectivity index is 1.83. The minimum Gasteiger partial charge on any atom is -0.325 e. The Labute approximate surface area is 199 Å². The number of sulfonamides is 1. The molecule has 34 heavy (non-hydrogen) atoms.